The Morgan fingerprint density at radius 3 is 2.81 bits per heavy atom. The molecule has 112 valence electrons. The zero-order chi connectivity index (χ0) is 14.7. The quantitative estimate of drug-likeness (QED) is 0.856. The first-order valence-corrected chi connectivity index (χ1v) is 7.79. The molecule has 0 bridgehead atoms. The van der Waals surface area contributed by atoms with E-state index in [-0.39, 0.29) is 0 Å². The molecule has 4 nitrogen and oxygen atoms in total. The number of hydrogen-bond acceptors (Lipinski definition) is 4. The van der Waals surface area contributed by atoms with Crippen molar-refractivity contribution in [1.29, 1.82) is 0 Å². The first kappa shape index (κ1) is 14.3. The monoisotopic (exact) mass is 306 g/mol. The van der Waals surface area contributed by atoms with Gasteiger partial charge in [0.1, 0.15) is 19.0 Å². The summed E-state index contributed by atoms with van der Waals surface area (Å²) < 4.78 is 11.3. The number of rotatable bonds is 5. The van der Waals surface area contributed by atoms with Gasteiger partial charge < -0.3 is 14.8 Å². The Morgan fingerprint density at radius 1 is 1.29 bits per heavy atom. The standard InChI is InChI=1S/C16H19ClN2O2/c1-11(2-4-17)10-19-16-13-9-15-14(20-6-7-21-15)8-12(13)3-5-18-16/h3,5,8-9,11H,2,4,6-7,10H2,1H3,(H,18,19). The highest BCUT2D eigenvalue weighted by Crippen LogP contribution is 2.36. The van der Waals surface area contributed by atoms with Gasteiger partial charge in [0.2, 0.25) is 0 Å². The van der Waals surface area contributed by atoms with Gasteiger partial charge in [0.05, 0.1) is 0 Å². The summed E-state index contributed by atoms with van der Waals surface area (Å²) in [7, 11) is 0. The van der Waals surface area contributed by atoms with Gasteiger partial charge >= 0.3 is 0 Å². The van der Waals surface area contributed by atoms with Crippen LogP contribution in [0.4, 0.5) is 5.82 Å². The molecule has 5 heteroatoms. The number of hydrogen-bond donors (Lipinski definition) is 1. The third-order valence-electron chi connectivity index (χ3n) is 3.65. The van der Waals surface area contributed by atoms with Crippen molar-refractivity contribution in [3.8, 4) is 11.5 Å². The smallest absolute Gasteiger partial charge is 0.162 e. The van der Waals surface area contributed by atoms with Gasteiger partial charge in [-0.2, -0.15) is 0 Å². The molecule has 0 spiro atoms. The highest BCUT2D eigenvalue weighted by Gasteiger charge is 2.14. The van der Waals surface area contributed by atoms with Crippen molar-refractivity contribution < 1.29 is 9.47 Å². The maximum atomic E-state index is 5.78. The SMILES string of the molecule is CC(CCCl)CNc1nccc2cc3c(cc12)OCCO3. The van der Waals surface area contributed by atoms with Gasteiger partial charge in [-0.25, -0.2) is 4.98 Å². The molecule has 2 heterocycles. The predicted molar refractivity (Wildman–Crippen MR) is 85.7 cm³/mol. The Hall–Kier alpha value is -1.68. The van der Waals surface area contributed by atoms with E-state index < -0.39 is 0 Å². The van der Waals surface area contributed by atoms with Gasteiger partial charge in [-0.15, -0.1) is 11.6 Å². The van der Waals surface area contributed by atoms with Crippen molar-refractivity contribution in [2.45, 2.75) is 13.3 Å². The number of halogens is 1. The van der Waals surface area contributed by atoms with E-state index in [4.69, 9.17) is 21.1 Å². The number of alkyl halides is 1. The second-order valence-electron chi connectivity index (χ2n) is 5.34. The third kappa shape index (κ3) is 3.16. The normalized spacial score (nSPS) is 15.0. The molecule has 0 saturated heterocycles. The molecule has 0 amide bonds. The van der Waals surface area contributed by atoms with Crippen molar-refractivity contribution in [2.24, 2.45) is 5.92 Å². The zero-order valence-corrected chi connectivity index (χ0v) is 12.8. The van der Waals surface area contributed by atoms with Gasteiger partial charge in [-0.1, -0.05) is 6.92 Å². The minimum Gasteiger partial charge on any atom is -0.486 e. The fourth-order valence-electron chi connectivity index (χ4n) is 2.41. The molecule has 3 rings (SSSR count). The fraction of sp³-hybridized carbons (Fsp3) is 0.438. The van der Waals surface area contributed by atoms with Crippen LogP contribution in [0.3, 0.4) is 0 Å². The van der Waals surface area contributed by atoms with Gasteiger partial charge in [0.25, 0.3) is 0 Å². The Bertz CT molecular complexity index is 633. The Morgan fingerprint density at radius 2 is 2.05 bits per heavy atom. The number of aromatic nitrogens is 1. The van der Waals surface area contributed by atoms with Crippen LogP contribution in [-0.4, -0.2) is 30.6 Å². The highest BCUT2D eigenvalue weighted by molar-refractivity contribution is 6.17. The molecule has 1 aromatic heterocycles. The summed E-state index contributed by atoms with van der Waals surface area (Å²) in [6.45, 7) is 4.23. The molecule has 1 N–H and O–H groups in total. The van der Waals surface area contributed by atoms with E-state index in [1.165, 1.54) is 0 Å². The molecular formula is C16H19ClN2O2. The molecule has 2 aromatic rings. The summed E-state index contributed by atoms with van der Waals surface area (Å²) in [6.07, 6.45) is 2.80. The lowest BCUT2D eigenvalue weighted by atomic mass is 10.1. The van der Waals surface area contributed by atoms with Crippen LogP contribution in [-0.2, 0) is 0 Å². The van der Waals surface area contributed by atoms with E-state index in [0.717, 1.165) is 41.1 Å². The molecule has 0 fully saturated rings. The van der Waals surface area contributed by atoms with Crippen molar-refractivity contribution >= 4 is 28.2 Å². The zero-order valence-electron chi connectivity index (χ0n) is 12.1. The fourth-order valence-corrected chi connectivity index (χ4v) is 2.78. The first-order valence-electron chi connectivity index (χ1n) is 7.26. The van der Waals surface area contributed by atoms with Crippen LogP contribution in [0.15, 0.2) is 24.4 Å². The number of nitrogens with one attached hydrogen (secondary N) is 1. The first-order chi connectivity index (χ1) is 10.3. The predicted octanol–water partition coefficient (Wildman–Crippen LogP) is 3.68. The Balaban J connectivity index is 1.88. The lowest BCUT2D eigenvalue weighted by molar-refractivity contribution is 0.172. The molecule has 1 aliphatic heterocycles. The largest absolute Gasteiger partial charge is 0.486 e. The average Bonchev–Trinajstić information content (AvgIpc) is 2.51. The summed E-state index contributed by atoms with van der Waals surface area (Å²) in [6, 6.07) is 6.01. The van der Waals surface area contributed by atoms with Gasteiger partial charge in [-0.05, 0) is 35.9 Å². The van der Waals surface area contributed by atoms with E-state index >= 15 is 0 Å². The van der Waals surface area contributed by atoms with Crippen LogP contribution in [0.2, 0.25) is 0 Å². The van der Waals surface area contributed by atoms with Crippen LogP contribution >= 0.6 is 11.6 Å². The second kappa shape index (κ2) is 6.39. The molecular weight excluding hydrogens is 288 g/mol. The number of benzene rings is 1. The molecule has 1 unspecified atom stereocenters. The van der Waals surface area contributed by atoms with Gasteiger partial charge in [-0.3, -0.25) is 0 Å². The minimum absolute atomic E-state index is 0.511. The maximum Gasteiger partial charge on any atom is 0.162 e. The lowest BCUT2D eigenvalue weighted by Crippen LogP contribution is -2.15. The lowest BCUT2D eigenvalue weighted by Gasteiger charge is -2.20. The molecule has 0 aliphatic carbocycles. The van der Waals surface area contributed by atoms with E-state index in [1.54, 1.807) is 0 Å². The Kier molecular flexibility index (Phi) is 4.34. The number of pyridine rings is 1. The van der Waals surface area contributed by atoms with Gasteiger partial charge in [0, 0.05) is 24.0 Å². The van der Waals surface area contributed by atoms with E-state index in [2.05, 4.69) is 17.2 Å². The summed E-state index contributed by atoms with van der Waals surface area (Å²) in [5, 5.41) is 5.57. The number of nitrogens with zero attached hydrogens (tertiary/aromatic N) is 1. The van der Waals surface area contributed by atoms with Crippen LogP contribution in [0.1, 0.15) is 13.3 Å². The third-order valence-corrected chi connectivity index (χ3v) is 3.87. The topological polar surface area (TPSA) is 43.4 Å². The van der Waals surface area contributed by atoms with Crippen molar-refractivity contribution in [1.82, 2.24) is 4.98 Å². The average molecular weight is 307 g/mol. The van der Waals surface area contributed by atoms with Crippen LogP contribution in [0.5, 0.6) is 11.5 Å². The van der Waals surface area contributed by atoms with E-state index in [9.17, 15) is 0 Å². The van der Waals surface area contributed by atoms with Crippen LogP contribution in [0, 0.1) is 5.92 Å². The molecule has 1 aromatic carbocycles. The van der Waals surface area contributed by atoms with Crippen molar-refractivity contribution in [3.05, 3.63) is 24.4 Å². The van der Waals surface area contributed by atoms with Crippen LogP contribution < -0.4 is 14.8 Å². The number of anilines is 1. The minimum atomic E-state index is 0.511. The maximum absolute atomic E-state index is 5.78. The summed E-state index contributed by atoms with van der Waals surface area (Å²) in [4.78, 5) is 4.45. The Labute approximate surface area is 129 Å². The van der Waals surface area contributed by atoms with E-state index in [0.29, 0.717) is 25.0 Å². The highest BCUT2D eigenvalue weighted by atomic mass is 35.5. The van der Waals surface area contributed by atoms with Gasteiger partial charge in [0.15, 0.2) is 11.5 Å². The van der Waals surface area contributed by atoms with Crippen LogP contribution in [0.25, 0.3) is 10.8 Å². The molecule has 21 heavy (non-hydrogen) atoms. The van der Waals surface area contributed by atoms with Crippen molar-refractivity contribution in [3.63, 3.8) is 0 Å². The van der Waals surface area contributed by atoms with Crippen molar-refractivity contribution in [2.75, 3.05) is 31.0 Å². The molecule has 1 atom stereocenters. The molecule has 0 saturated carbocycles. The number of ether oxygens (including phenoxy) is 2. The second-order valence-corrected chi connectivity index (χ2v) is 5.72. The number of fused-ring (bicyclic) bond motifs is 2. The van der Waals surface area contributed by atoms with E-state index in [1.807, 2.05) is 24.4 Å². The summed E-state index contributed by atoms with van der Waals surface area (Å²) >= 11 is 5.78. The summed E-state index contributed by atoms with van der Waals surface area (Å²) in [5.74, 6) is 3.67. The molecule has 1 aliphatic rings. The molecule has 0 radical (unpaired) electrons. The summed E-state index contributed by atoms with van der Waals surface area (Å²) in [5.41, 5.74) is 0.